The number of likely N-dealkylation sites (tertiary alicyclic amines) is 1. The molecule has 1 aliphatic heterocycles. The van der Waals surface area contributed by atoms with E-state index in [4.69, 9.17) is 0 Å². The molecular formula is C16H21NO3. The Balaban J connectivity index is 2.17. The van der Waals surface area contributed by atoms with Crippen LogP contribution in [-0.4, -0.2) is 28.4 Å². The fraction of sp³-hybridized carbons (Fsp3) is 0.500. The van der Waals surface area contributed by atoms with Gasteiger partial charge in [-0.05, 0) is 37.8 Å². The maximum absolute atomic E-state index is 11.9. The molecule has 1 N–H and O–H groups in total. The third-order valence-electron chi connectivity index (χ3n) is 3.78. The minimum atomic E-state index is -0.819. The summed E-state index contributed by atoms with van der Waals surface area (Å²) in [4.78, 5) is 25.1. The Morgan fingerprint density at radius 1 is 1.15 bits per heavy atom. The molecule has 1 unspecified atom stereocenters. The average Bonchev–Trinajstić information content (AvgIpc) is 2.56. The Labute approximate surface area is 119 Å². The molecule has 2 amide bonds. The number of hydrogen-bond donors (Lipinski definition) is 1. The van der Waals surface area contributed by atoms with Crippen molar-refractivity contribution in [2.75, 3.05) is 6.54 Å². The fourth-order valence-electron chi connectivity index (χ4n) is 2.56. The summed E-state index contributed by atoms with van der Waals surface area (Å²) in [5.74, 6) is -0.339. The second-order valence-corrected chi connectivity index (χ2v) is 5.48. The summed E-state index contributed by atoms with van der Waals surface area (Å²) < 4.78 is 0. The van der Waals surface area contributed by atoms with Gasteiger partial charge in [-0.15, -0.1) is 0 Å². The highest BCUT2D eigenvalue weighted by Crippen LogP contribution is 2.22. The van der Waals surface area contributed by atoms with Crippen LogP contribution < -0.4 is 0 Å². The molecule has 4 nitrogen and oxygen atoms in total. The number of aliphatic hydroxyl groups excluding tert-OH is 1. The Hall–Kier alpha value is -1.68. The van der Waals surface area contributed by atoms with E-state index < -0.39 is 6.10 Å². The smallest absolute Gasteiger partial charge is 0.229 e. The van der Waals surface area contributed by atoms with E-state index in [9.17, 15) is 14.7 Å². The van der Waals surface area contributed by atoms with Crippen molar-refractivity contribution in [2.24, 2.45) is 0 Å². The molecule has 0 aliphatic carbocycles. The first-order valence-electron chi connectivity index (χ1n) is 7.07. The van der Waals surface area contributed by atoms with Crippen LogP contribution in [0.2, 0.25) is 0 Å². The van der Waals surface area contributed by atoms with Crippen LogP contribution in [0.4, 0.5) is 0 Å². The molecule has 1 aliphatic rings. The van der Waals surface area contributed by atoms with E-state index in [1.54, 1.807) is 0 Å². The number of carbonyl (C=O) groups is 2. The zero-order chi connectivity index (χ0) is 14.7. The zero-order valence-electron chi connectivity index (χ0n) is 12.1. The summed E-state index contributed by atoms with van der Waals surface area (Å²) in [5.41, 5.74) is 2.81. The van der Waals surface area contributed by atoms with Crippen molar-refractivity contribution in [3.8, 4) is 0 Å². The molecule has 4 heteroatoms. The van der Waals surface area contributed by atoms with Crippen LogP contribution in [-0.2, 0) is 9.59 Å². The second kappa shape index (κ2) is 6.18. The first kappa shape index (κ1) is 14.7. The first-order valence-corrected chi connectivity index (χ1v) is 7.07. The Morgan fingerprint density at radius 3 is 2.35 bits per heavy atom. The molecule has 20 heavy (non-hydrogen) atoms. The molecule has 1 saturated heterocycles. The summed E-state index contributed by atoms with van der Waals surface area (Å²) in [6, 6.07) is 5.83. The third kappa shape index (κ3) is 3.25. The molecule has 0 radical (unpaired) electrons. The van der Waals surface area contributed by atoms with E-state index in [-0.39, 0.29) is 18.4 Å². The summed E-state index contributed by atoms with van der Waals surface area (Å²) in [5, 5.41) is 10.4. The number of nitrogens with zero attached hydrogens (tertiary/aromatic N) is 1. The van der Waals surface area contributed by atoms with Crippen molar-refractivity contribution < 1.29 is 14.7 Å². The number of amides is 2. The van der Waals surface area contributed by atoms with Gasteiger partial charge in [0.25, 0.3) is 0 Å². The van der Waals surface area contributed by atoms with Gasteiger partial charge in [0.2, 0.25) is 11.8 Å². The van der Waals surface area contributed by atoms with E-state index in [0.717, 1.165) is 29.5 Å². The predicted octanol–water partition coefficient (Wildman–Crippen LogP) is 2.27. The number of rotatable bonds is 3. The van der Waals surface area contributed by atoms with Gasteiger partial charge in [-0.2, -0.15) is 0 Å². The lowest BCUT2D eigenvalue weighted by Crippen LogP contribution is -2.38. The van der Waals surface area contributed by atoms with Crippen LogP contribution in [0.15, 0.2) is 18.2 Å². The van der Waals surface area contributed by atoms with Crippen LogP contribution >= 0.6 is 0 Å². The summed E-state index contributed by atoms with van der Waals surface area (Å²) in [7, 11) is 0. The highest BCUT2D eigenvalue weighted by atomic mass is 16.3. The standard InChI is InChI=1S/C16H21NO3/c1-11-7-8-12(2)13(9-11)14(18)10-17-15(19)5-3-4-6-16(17)20/h7-9,14,18H,3-6,10H2,1-2H3. The molecule has 1 fully saturated rings. The largest absolute Gasteiger partial charge is 0.387 e. The highest BCUT2D eigenvalue weighted by molar-refractivity contribution is 5.96. The van der Waals surface area contributed by atoms with Crippen LogP contribution in [0.1, 0.15) is 48.5 Å². The summed E-state index contributed by atoms with van der Waals surface area (Å²) >= 11 is 0. The molecule has 1 aromatic carbocycles. The fourth-order valence-corrected chi connectivity index (χ4v) is 2.56. The number of β-amino-alcohol motifs (C(OH)–C–C–N with tert-alkyl or cyclic N) is 1. The van der Waals surface area contributed by atoms with Gasteiger partial charge in [0.05, 0.1) is 12.6 Å². The maximum Gasteiger partial charge on any atom is 0.229 e. The molecule has 0 aromatic heterocycles. The molecule has 2 rings (SSSR count). The molecule has 0 bridgehead atoms. The summed E-state index contributed by atoms with van der Waals surface area (Å²) in [6.07, 6.45) is 1.47. The quantitative estimate of drug-likeness (QED) is 0.861. The normalized spacial score (nSPS) is 18.1. The Kier molecular flexibility index (Phi) is 4.55. The lowest BCUT2D eigenvalue weighted by Gasteiger charge is -2.23. The number of aliphatic hydroxyl groups is 1. The number of carbonyl (C=O) groups excluding carboxylic acids is 2. The summed E-state index contributed by atoms with van der Waals surface area (Å²) in [6.45, 7) is 3.93. The lowest BCUT2D eigenvalue weighted by molar-refractivity contribution is -0.145. The molecular weight excluding hydrogens is 254 g/mol. The van der Waals surface area contributed by atoms with Crippen LogP contribution in [0, 0.1) is 13.8 Å². The van der Waals surface area contributed by atoms with Crippen LogP contribution in [0.3, 0.4) is 0 Å². The molecule has 0 saturated carbocycles. The number of imide groups is 1. The third-order valence-corrected chi connectivity index (χ3v) is 3.78. The zero-order valence-corrected chi connectivity index (χ0v) is 12.1. The van der Waals surface area contributed by atoms with E-state index in [1.165, 1.54) is 4.90 Å². The molecule has 0 spiro atoms. The van der Waals surface area contributed by atoms with Crippen molar-refractivity contribution >= 4 is 11.8 Å². The van der Waals surface area contributed by atoms with E-state index in [2.05, 4.69) is 0 Å². The topological polar surface area (TPSA) is 57.6 Å². The van der Waals surface area contributed by atoms with Crippen molar-refractivity contribution in [1.29, 1.82) is 0 Å². The van der Waals surface area contributed by atoms with Gasteiger partial charge in [-0.1, -0.05) is 23.8 Å². The lowest BCUT2D eigenvalue weighted by atomic mass is 10.0. The van der Waals surface area contributed by atoms with Gasteiger partial charge < -0.3 is 5.11 Å². The first-order chi connectivity index (χ1) is 9.49. The molecule has 1 aromatic rings. The van der Waals surface area contributed by atoms with Crippen LogP contribution in [0.5, 0.6) is 0 Å². The van der Waals surface area contributed by atoms with Gasteiger partial charge in [0, 0.05) is 12.8 Å². The monoisotopic (exact) mass is 275 g/mol. The average molecular weight is 275 g/mol. The number of benzene rings is 1. The molecule has 1 atom stereocenters. The molecule has 108 valence electrons. The number of aryl methyl sites for hydroxylation is 2. The van der Waals surface area contributed by atoms with Gasteiger partial charge >= 0.3 is 0 Å². The highest BCUT2D eigenvalue weighted by Gasteiger charge is 2.27. The minimum Gasteiger partial charge on any atom is -0.387 e. The molecule has 1 heterocycles. The van der Waals surface area contributed by atoms with Gasteiger partial charge in [0.1, 0.15) is 0 Å². The second-order valence-electron chi connectivity index (χ2n) is 5.48. The minimum absolute atomic E-state index is 0.0575. The SMILES string of the molecule is Cc1ccc(C)c(C(O)CN2C(=O)CCCCC2=O)c1. The van der Waals surface area contributed by atoms with Crippen molar-refractivity contribution in [1.82, 2.24) is 4.90 Å². The van der Waals surface area contributed by atoms with E-state index >= 15 is 0 Å². The Morgan fingerprint density at radius 2 is 1.75 bits per heavy atom. The number of hydrogen-bond acceptors (Lipinski definition) is 3. The van der Waals surface area contributed by atoms with Gasteiger partial charge in [0.15, 0.2) is 0 Å². The van der Waals surface area contributed by atoms with E-state index in [1.807, 2.05) is 32.0 Å². The van der Waals surface area contributed by atoms with E-state index in [0.29, 0.717) is 12.8 Å². The predicted molar refractivity (Wildman–Crippen MR) is 76.1 cm³/mol. The van der Waals surface area contributed by atoms with Crippen LogP contribution in [0.25, 0.3) is 0 Å². The van der Waals surface area contributed by atoms with Crippen molar-refractivity contribution in [3.63, 3.8) is 0 Å². The Bertz CT molecular complexity index is 506. The maximum atomic E-state index is 11.9. The van der Waals surface area contributed by atoms with Crippen molar-refractivity contribution in [2.45, 2.75) is 45.6 Å². The van der Waals surface area contributed by atoms with Gasteiger partial charge in [-0.25, -0.2) is 0 Å². The van der Waals surface area contributed by atoms with Gasteiger partial charge in [-0.3, -0.25) is 14.5 Å². The van der Waals surface area contributed by atoms with Crippen molar-refractivity contribution in [3.05, 3.63) is 34.9 Å².